The molecule has 0 atom stereocenters. The van der Waals surface area contributed by atoms with Crippen molar-refractivity contribution in [3.05, 3.63) is 23.8 Å². The molecule has 1 saturated heterocycles. The summed E-state index contributed by atoms with van der Waals surface area (Å²) in [6.07, 6.45) is 10.5. The number of rotatable bonds is 3. The Labute approximate surface area is 107 Å². The number of amides is 1. The highest BCUT2D eigenvalue weighted by atomic mass is 16.6. The fraction of sp³-hybridized carbons (Fsp3) is 0.571. The Balaban J connectivity index is 1.73. The molecule has 4 heteroatoms. The third kappa shape index (κ3) is 3.45. The van der Waals surface area contributed by atoms with Crippen molar-refractivity contribution < 1.29 is 14.3 Å². The van der Waals surface area contributed by atoms with Crippen LogP contribution in [0.3, 0.4) is 0 Å². The van der Waals surface area contributed by atoms with Gasteiger partial charge in [-0.05, 0) is 31.3 Å². The number of piperidine rings is 1. The zero-order chi connectivity index (χ0) is 12.8. The van der Waals surface area contributed by atoms with E-state index in [0.717, 1.165) is 37.5 Å². The maximum Gasteiger partial charge on any atom is 0.410 e. The molecule has 98 valence electrons. The van der Waals surface area contributed by atoms with Gasteiger partial charge in [-0.1, -0.05) is 18.2 Å². The third-order valence-electron chi connectivity index (χ3n) is 3.42. The highest BCUT2D eigenvalue weighted by Crippen LogP contribution is 2.16. The number of carbonyl (C=O) groups is 2. The van der Waals surface area contributed by atoms with Crippen LogP contribution < -0.4 is 0 Å². The number of nitrogens with zero attached hydrogens (tertiary/aromatic N) is 1. The predicted molar refractivity (Wildman–Crippen MR) is 68.2 cm³/mol. The van der Waals surface area contributed by atoms with Gasteiger partial charge in [0.15, 0.2) is 0 Å². The van der Waals surface area contributed by atoms with Crippen LogP contribution in [0.1, 0.15) is 25.7 Å². The van der Waals surface area contributed by atoms with Crippen LogP contribution in [-0.4, -0.2) is 37.0 Å². The maximum absolute atomic E-state index is 11.8. The van der Waals surface area contributed by atoms with E-state index in [1.54, 1.807) is 4.90 Å². The molecule has 0 bridgehead atoms. The van der Waals surface area contributed by atoms with E-state index < -0.39 is 0 Å². The van der Waals surface area contributed by atoms with E-state index in [0.29, 0.717) is 19.7 Å². The first kappa shape index (κ1) is 12.9. The van der Waals surface area contributed by atoms with E-state index in [-0.39, 0.29) is 12.0 Å². The lowest BCUT2D eigenvalue weighted by Gasteiger charge is -2.28. The van der Waals surface area contributed by atoms with E-state index >= 15 is 0 Å². The lowest BCUT2D eigenvalue weighted by atomic mass is 9.99. The number of allylic oxidation sites excluding steroid dienone is 2. The largest absolute Gasteiger partial charge is 0.445 e. The Morgan fingerprint density at radius 1 is 1.39 bits per heavy atom. The van der Waals surface area contributed by atoms with Crippen LogP contribution in [0.25, 0.3) is 0 Å². The van der Waals surface area contributed by atoms with Gasteiger partial charge in [-0.25, -0.2) is 4.79 Å². The molecule has 0 spiro atoms. The SMILES string of the molecule is O=CC1CCN(C(=O)OCC2=CCCC=C2)CC1. The summed E-state index contributed by atoms with van der Waals surface area (Å²) in [4.78, 5) is 24.1. The van der Waals surface area contributed by atoms with Crippen LogP contribution in [0.2, 0.25) is 0 Å². The molecular weight excluding hydrogens is 230 g/mol. The monoisotopic (exact) mass is 249 g/mol. The van der Waals surface area contributed by atoms with Crippen molar-refractivity contribution in [3.8, 4) is 0 Å². The Hall–Kier alpha value is -1.58. The fourth-order valence-corrected chi connectivity index (χ4v) is 2.23. The van der Waals surface area contributed by atoms with Gasteiger partial charge in [0.25, 0.3) is 0 Å². The molecule has 2 rings (SSSR count). The molecule has 1 heterocycles. The molecule has 1 aliphatic heterocycles. The van der Waals surface area contributed by atoms with E-state index in [1.165, 1.54) is 0 Å². The van der Waals surface area contributed by atoms with Crippen molar-refractivity contribution in [1.82, 2.24) is 4.90 Å². The van der Waals surface area contributed by atoms with Gasteiger partial charge < -0.3 is 14.4 Å². The highest BCUT2D eigenvalue weighted by molar-refractivity contribution is 5.68. The van der Waals surface area contributed by atoms with Crippen LogP contribution in [0.4, 0.5) is 4.79 Å². The van der Waals surface area contributed by atoms with Crippen LogP contribution >= 0.6 is 0 Å². The van der Waals surface area contributed by atoms with Gasteiger partial charge >= 0.3 is 6.09 Å². The van der Waals surface area contributed by atoms with E-state index in [9.17, 15) is 9.59 Å². The molecule has 18 heavy (non-hydrogen) atoms. The molecule has 0 aromatic rings. The minimum absolute atomic E-state index is 0.109. The van der Waals surface area contributed by atoms with Gasteiger partial charge in [0, 0.05) is 19.0 Å². The first-order valence-corrected chi connectivity index (χ1v) is 6.52. The Bertz CT molecular complexity index is 365. The second-order valence-electron chi connectivity index (χ2n) is 4.77. The Kier molecular flexibility index (Phi) is 4.56. The Morgan fingerprint density at radius 2 is 2.17 bits per heavy atom. The summed E-state index contributed by atoms with van der Waals surface area (Å²) in [6, 6.07) is 0. The summed E-state index contributed by atoms with van der Waals surface area (Å²) >= 11 is 0. The molecule has 0 N–H and O–H groups in total. The standard InChI is InChI=1S/C14H19NO3/c16-10-12-6-8-15(9-7-12)14(17)18-11-13-4-2-1-3-5-13/h2,4-5,10,12H,1,3,6-9,11H2. The summed E-state index contributed by atoms with van der Waals surface area (Å²) in [6.45, 7) is 1.59. The molecule has 0 saturated carbocycles. The van der Waals surface area contributed by atoms with Crippen molar-refractivity contribution >= 4 is 12.4 Å². The number of carbonyl (C=O) groups excluding carboxylic acids is 2. The summed E-state index contributed by atoms with van der Waals surface area (Å²) < 4.78 is 5.27. The van der Waals surface area contributed by atoms with Crippen LogP contribution in [0.5, 0.6) is 0 Å². The second kappa shape index (κ2) is 6.38. The topological polar surface area (TPSA) is 46.6 Å². The molecule has 4 nitrogen and oxygen atoms in total. The van der Waals surface area contributed by atoms with E-state index in [1.807, 2.05) is 6.08 Å². The lowest BCUT2D eigenvalue weighted by molar-refractivity contribution is -0.112. The average molecular weight is 249 g/mol. The normalized spacial score (nSPS) is 20.4. The number of aldehydes is 1. The predicted octanol–water partition coefficient (Wildman–Crippen LogP) is 2.31. The molecule has 1 amide bonds. The van der Waals surface area contributed by atoms with E-state index in [4.69, 9.17) is 4.74 Å². The van der Waals surface area contributed by atoms with Gasteiger partial charge in [-0.2, -0.15) is 0 Å². The maximum atomic E-state index is 11.8. The summed E-state index contributed by atoms with van der Waals surface area (Å²) in [5, 5.41) is 0. The summed E-state index contributed by atoms with van der Waals surface area (Å²) in [5.41, 5.74) is 1.07. The molecule has 1 fully saturated rings. The van der Waals surface area contributed by atoms with Gasteiger partial charge in [0.2, 0.25) is 0 Å². The van der Waals surface area contributed by atoms with Crippen molar-refractivity contribution in [2.45, 2.75) is 25.7 Å². The third-order valence-corrected chi connectivity index (χ3v) is 3.42. The first-order valence-electron chi connectivity index (χ1n) is 6.52. The van der Waals surface area contributed by atoms with Gasteiger partial charge in [-0.3, -0.25) is 0 Å². The number of hydrogen-bond donors (Lipinski definition) is 0. The van der Waals surface area contributed by atoms with Crippen molar-refractivity contribution in [3.63, 3.8) is 0 Å². The van der Waals surface area contributed by atoms with Crippen molar-refractivity contribution in [2.24, 2.45) is 5.92 Å². The minimum Gasteiger partial charge on any atom is -0.445 e. The minimum atomic E-state index is -0.265. The van der Waals surface area contributed by atoms with Gasteiger partial charge in [0.05, 0.1) is 0 Å². The zero-order valence-electron chi connectivity index (χ0n) is 10.5. The molecular formula is C14H19NO3. The number of ether oxygens (including phenoxy) is 1. The van der Waals surface area contributed by atoms with Gasteiger partial charge in [-0.15, -0.1) is 0 Å². The smallest absolute Gasteiger partial charge is 0.410 e. The molecule has 0 radical (unpaired) electrons. The van der Waals surface area contributed by atoms with Crippen LogP contribution in [0.15, 0.2) is 23.8 Å². The number of likely N-dealkylation sites (tertiary alicyclic amines) is 1. The second-order valence-corrected chi connectivity index (χ2v) is 4.77. The lowest BCUT2D eigenvalue weighted by Crippen LogP contribution is -2.39. The molecule has 0 unspecified atom stereocenters. The number of hydrogen-bond acceptors (Lipinski definition) is 3. The van der Waals surface area contributed by atoms with Crippen LogP contribution in [-0.2, 0) is 9.53 Å². The van der Waals surface area contributed by atoms with E-state index in [2.05, 4.69) is 12.2 Å². The highest BCUT2D eigenvalue weighted by Gasteiger charge is 2.23. The fourth-order valence-electron chi connectivity index (χ4n) is 2.23. The van der Waals surface area contributed by atoms with Crippen LogP contribution in [0, 0.1) is 5.92 Å². The molecule has 0 aromatic heterocycles. The van der Waals surface area contributed by atoms with Crippen molar-refractivity contribution in [2.75, 3.05) is 19.7 Å². The Morgan fingerprint density at radius 3 is 2.78 bits per heavy atom. The zero-order valence-corrected chi connectivity index (χ0v) is 10.5. The molecule has 1 aliphatic carbocycles. The summed E-state index contributed by atoms with van der Waals surface area (Å²) in [7, 11) is 0. The summed E-state index contributed by atoms with van der Waals surface area (Å²) in [5.74, 6) is 0.109. The molecule has 0 aromatic carbocycles. The first-order chi connectivity index (χ1) is 8.79. The quantitative estimate of drug-likeness (QED) is 0.721. The average Bonchev–Trinajstić information content (AvgIpc) is 2.46. The van der Waals surface area contributed by atoms with Gasteiger partial charge in [0.1, 0.15) is 12.9 Å². The van der Waals surface area contributed by atoms with Crippen molar-refractivity contribution in [1.29, 1.82) is 0 Å². The molecule has 2 aliphatic rings.